The molecule has 2 saturated carbocycles. The van der Waals surface area contributed by atoms with Crippen LogP contribution >= 0.6 is 0 Å². The van der Waals surface area contributed by atoms with Crippen molar-refractivity contribution in [2.24, 2.45) is 0 Å². The average Bonchev–Trinajstić information content (AvgIpc) is 3.42. The Hall–Kier alpha value is -1.56. The zero-order valence-electron chi connectivity index (χ0n) is 19.4. The first-order valence-electron chi connectivity index (χ1n) is 12.5. The molecule has 2 saturated heterocycles. The molecular weight excluding hydrogens is 392 g/mol. The molecule has 0 aromatic carbocycles. The Labute approximate surface area is 186 Å². The fraction of sp³-hybridized carbons (Fsp3) is 0.840. The van der Waals surface area contributed by atoms with Crippen molar-refractivity contribution in [2.45, 2.75) is 134 Å². The van der Waals surface area contributed by atoms with Crippen LogP contribution in [0.25, 0.3) is 0 Å². The third-order valence-electron chi connectivity index (χ3n) is 7.55. The van der Waals surface area contributed by atoms with Gasteiger partial charge in [-0.15, -0.1) is 0 Å². The number of carbonyl (C=O) groups excluding carboxylic acids is 1. The van der Waals surface area contributed by atoms with E-state index in [4.69, 9.17) is 14.0 Å². The summed E-state index contributed by atoms with van der Waals surface area (Å²) in [6.07, 6.45) is 12.7. The highest BCUT2D eigenvalue weighted by molar-refractivity contribution is 5.69. The van der Waals surface area contributed by atoms with Gasteiger partial charge in [0.25, 0.3) is 0 Å². The standard InChI is InChI=1S/C25H38N2O4/c1-25(2,3)30-24(28)27-18-11-12-19(27)14-20(13-18)29-15-21-22(16-7-5-4-6-8-16)26-31-23(21)17-9-10-17/h16-20H,4-15H2,1-3H3/t18-,19?,20?/m1/s1. The number of rotatable bonds is 5. The van der Waals surface area contributed by atoms with Crippen molar-refractivity contribution >= 4 is 6.09 Å². The second kappa shape index (κ2) is 8.42. The van der Waals surface area contributed by atoms with Crippen LogP contribution in [0.4, 0.5) is 4.79 Å². The maximum atomic E-state index is 12.7. The van der Waals surface area contributed by atoms with Crippen molar-refractivity contribution in [2.75, 3.05) is 0 Å². The molecule has 2 unspecified atom stereocenters. The highest BCUT2D eigenvalue weighted by atomic mass is 16.6. The molecule has 3 heterocycles. The number of carbonyl (C=O) groups is 1. The lowest BCUT2D eigenvalue weighted by atomic mass is 9.85. The Morgan fingerprint density at radius 1 is 1.00 bits per heavy atom. The molecular formula is C25H38N2O4. The lowest BCUT2D eigenvalue weighted by Crippen LogP contribution is -2.50. The van der Waals surface area contributed by atoms with Crippen LogP contribution in [0.5, 0.6) is 0 Å². The van der Waals surface area contributed by atoms with Crippen LogP contribution in [0, 0.1) is 0 Å². The lowest BCUT2D eigenvalue weighted by Gasteiger charge is -2.39. The molecule has 1 aromatic rings. The minimum absolute atomic E-state index is 0.159. The van der Waals surface area contributed by atoms with E-state index in [1.165, 1.54) is 56.2 Å². The van der Waals surface area contributed by atoms with Crippen molar-refractivity contribution in [3.05, 3.63) is 17.0 Å². The van der Waals surface area contributed by atoms with E-state index >= 15 is 0 Å². The third kappa shape index (κ3) is 4.64. The Bertz CT molecular complexity index is 774. The van der Waals surface area contributed by atoms with Crippen LogP contribution in [0.2, 0.25) is 0 Å². The number of fused-ring (bicyclic) bond motifs is 2. The van der Waals surface area contributed by atoms with E-state index in [1.54, 1.807) is 0 Å². The van der Waals surface area contributed by atoms with Gasteiger partial charge in [0.2, 0.25) is 0 Å². The zero-order chi connectivity index (χ0) is 21.6. The summed E-state index contributed by atoms with van der Waals surface area (Å²) < 4.78 is 18.0. The molecule has 2 aliphatic carbocycles. The van der Waals surface area contributed by atoms with Gasteiger partial charge in [0.05, 0.1) is 18.4 Å². The number of piperidine rings is 1. The molecule has 4 aliphatic rings. The number of hydrogen-bond donors (Lipinski definition) is 0. The predicted octanol–water partition coefficient (Wildman–Crippen LogP) is 6.05. The van der Waals surface area contributed by atoms with Crippen LogP contribution in [-0.4, -0.2) is 39.9 Å². The number of ether oxygens (including phenoxy) is 2. The number of nitrogens with zero attached hydrogens (tertiary/aromatic N) is 2. The molecule has 4 fully saturated rings. The van der Waals surface area contributed by atoms with Gasteiger partial charge in [-0.1, -0.05) is 24.4 Å². The molecule has 3 atom stereocenters. The molecule has 172 valence electrons. The average molecular weight is 431 g/mol. The molecule has 1 aromatic heterocycles. The van der Waals surface area contributed by atoms with Gasteiger partial charge in [-0.25, -0.2) is 4.79 Å². The first-order valence-corrected chi connectivity index (χ1v) is 12.5. The molecule has 1 amide bonds. The van der Waals surface area contributed by atoms with E-state index in [9.17, 15) is 4.79 Å². The van der Waals surface area contributed by atoms with Crippen molar-refractivity contribution in [1.82, 2.24) is 10.1 Å². The smallest absolute Gasteiger partial charge is 0.410 e. The van der Waals surface area contributed by atoms with Gasteiger partial charge >= 0.3 is 6.09 Å². The van der Waals surface area contributed by atoms with Gasteiger partial charge in [-0.05, 0) is 72.1 Å². The Balaban J connectivity index is 1.24. The quantitative estimate of drug-likeness (QED) is 0.569. The Morgan fingerprint density at radius 3 is 2.29 bits per heavy atom. The van der Waals surface area contributed by atoms with E-state index < -0.39 is 5.60 Å². The molecule has 2 aliphatic heterocycles. The second-order valence-electron chi connectivity index (χ2n) is 11.2. The highest BCUT2D eigenvalue weighted by Crippen LogP contribution is 2.45. The fourth-order valence-corrected chi connectivity index (χ4v) is 5.92. The maximum absolute atomic E-state index is 12.7. The minimum atomic E-state index is -0.452. The molecule has 0 N–H and O–H groups in total. The van der Waals surface area contributed by atoms with Gasteiger partial charge < -0.3 is 18.9 Å². The molecule has 6 heteroatoms. The normalized spacial score (nSPS) is 29.4. The van der Waals surface area contributed by atoms with Crippen molar-refractivity contribution in [1.29, 1.82) is 0 Å². The zero-order valence-corrected chi connectivity index (χ0v) is 19.4. The summed E-state index contributed by atoms with van der Waals surface area (Å²) in [4.78, 5) is 14.7. The molecule has 0 radical (unpaired) electrons. The van der Waals surface area contributed by atoms with E-state index in [2.05, 4.69) is 5.16 Å². The van der Waals surface area contributed by atoms with Crippen LogP contribution < -0.4 is 0 Å². The number of amides is 1. The number of hydrogen-bond acceptors (Lipinski definition) is 5. The van der Waals surface area contributed by atoms with Crippen LogP contribution in [0.1, 0.15) is 120 Å². The molecule has 2 bridgehead atoms. The van der Waals surface area contributed by atoms with E-state index in [0.29, 0.717) is 18.4 Å². The summed E-state index contributed by atoms with van der Waals surface area (Å²) in [6, 6.07) is 0.476. The third-order valence-corrected chi connectivity index (χ3v) is 7.55. The summed E-state index contributed by atoms with van der Waals surface area (Å²) in [5, 5.41) is 4.55. The number of aromatic nitrogens is 1. The van der Waals surface area contributed by atoms with E-state index in [0.717, 1.165) is 31.4 Å². The van der Waals surface area contributed by atoms with Gasteiger partial charge in [0, 0.05) is 29.5 Å². The van der Waals surface area contributed by atoms with Gasteiger partial charge in [0.1, 0.15) is 11.4 Å². The summed E-state index contributed by atoms with van der Waals surface area (Å²) in [5.74, 6) is 2.18. The van der Waals surface area contributed by atoms with Crippen molar-refractivity contribution in [3.63, 3.8) is 0 Å². The van der Waals surface area contributed by atoms with Crippen LogP contribution in [-0.2, 0) is 16.1 Å². The minimum Gasteiger partial charge on any atom is -0.444 e. The monoisotopic (exact) mass is 430 g/mol. The highest BCUT2D eigenvalue weighted by Gasteiger charge is 2.45. The van der Waals surface area contributed by atoms with Crippen LogP contribution in [0.3, 0.4) is 0 Å². The molecule has 5 rings (SSSR count). The first kappa shape index (κ1) is 21.3. The maximum Gasteiger partial charge on any atom is 0.410 e. The summed E-state index contributed by atoms with van der Waals surface area (Å²) in [7, 11) is 0. The Morgan fingerprint density at radius 2 is 1.68 bits per heavy atom. The van der Waals surface area contributed by atoms with Crippen molar-refractivity contribution in [3.8, 4) is 0 Å². The Kier molecular flexibility index (Phi) is 5.78. The van der Waals surface area contributed by atoms with Gasteiger partial charge in [0.15, 0.2) is 0 Å². The van der Waals surface area contributed by atoms with Crippen molar-refractivity contribution < 1.29 is 18.8 Å². The second-order valence-corrected chi connectivity index (χ2v) is 11.2. The summed E-state index contributed by atoms with van der Waals surface area (Å²) in [6.45, 7) is 6.41. The lowest BCUT2D eigenvalue weighted by molar-refractivity contribution is -0.0400. The summed E-state index contributed by atoms with van der Waals surface area (Å²) in [5.41, 5.74) is 1.97. The van der Waals surface area contributed by atoms with E-state index in [1.807, 2.05) is 25.7 Å². The van der Waals surface area contributed by atoms with Crippen LogP contribution in [0.15, 0.2) is 4.52 Å². The predicted molar refractivity (Wildman–Crippen MR) is 117 cm³/mol. The molecule has 0 spiro atoms. The fourth-order valence-electron chi connectivity index (χ4n) is 5.92. The first-order chi connectivity index (χ1) is 14.9. The molecule has 6 nitrogen and oxygen atoms in total. The largest absolute Gasteiger partial charge is 0.444 e. The van der Waals surface area contributed by atoms with Gasteiger partial charge in [-0.2, -0.15) is 0 Å². The topological polar surface area (TPSA) is 64.8 Å². The van der Waals surface area contributed by atoms with E-state index in [-0.39, 0.29) is 24.3 Å². The summed E-state index contributed by atoms with van der Waals surface area (Å²) >= 11 is 0. The molecule has 31 heavy (non-hydrogen) atoms. The SMILES string of the molecule is CC(C)(C)OC(=O)N1C2CC[C@@H]1CC(OCc1c(C3CCCCC3)noc1C1CC1)C2. The van der Waals surface area contributed by atoms with Gasteiger partial charge in [-0.3, -0.25) is 0 Å².